The van der Waals surface area contributed by atoms with Gasteiger partial charge in [0.15, 0.2) is 5.82 Å². The number of benzene rings is 1. The SMILES string of the molecule is Cc1ccccc1Nc1cc(-c2nc(N3CCNCC3)c3c(C4CC4)cncc3n2)ccn1. The lowest BCUT2D eigenvalue weighted by molar-refractivity contribution is 0.586. The Balaban J connectivity index is 1.44. The smallest absolute Gasteiger partial charge is 0.162 e. The number of pyridine rings is 2. The van der Waals surface area contributed by atoms with Crippen molar-refractivity contribution in [1.29, 1.82) is 0 Å². The third-order valence-electron chi connectivity index (χ3n) is 6.48. The van der Waals surface area contributed by atoms with Crippen LogP contribution in [0.15, 0.2) is 55.0 Å². The van der Waals surface area contributed by atoms with E-state index in [-0.39, 0.29) is 0 Å². The van der Waals surface area contributed by atoms with Crippen LogP contribution in [0.5, 0.6) is 0 Å². The molecule has 0 amide bonds. The van der Waals surface area contributed by atoms with Crippen molar-refractivity contribution >= 4 is 28.2 Å². The summed E-state index contributed by atoms with van der Waals surface area (Å²) in [5, 5.41) is 8.05. The third kappa shape index (κ3) is 4.00. The Morgan fingerprint density at radius 2 is 1.88 bits per heavy atom. The average molecular weight is 438 g/mol. The highest BCUT2D eigenvalue weighted by Gasteiger charge is 2.29. The maximum atomic E-state index is 5.14. The largest absolute Gasteiger partial charge is 0.353 e. The number of piperazine rings is 1. The molecular formula is C26H27N7. The van der Waals surface area contributed by atoms with E-state index in [1.165, 1.54) is 29.4 Å². The van der Waals surface area contributed by atoms with Gasteiger partial charge in [-0.05, 0) is 55.0 Å². The van der Waals surface area contributed by atoms with E-state index in [2.05, 4.69) is 44.6 Å². The number of hydrogen-bond acceptors (Lipinski definition) is 7. The van der Waals surface area contributed by atoms with Crippen molar-refractivity contribution in [3.8, 4) is 11.4 Å². The number of anilines is 3. The summed E-state index contributed by atoms with van der Waals surface area (Å²) < 4.78 is 0. The van der Waals surface area contributed by atoms with Gasteiger partial charge in [0.1, 0.15) is 11.6 Å². The van der Waals surface area contributed by atoms with Gasteiger partial charge in [0.2, 0.25) is 0 Å². The normalized spacial score (nSPS) is 16.2. The fourth-order valence-electron chi connectivity index (χ4n) is 4.52. The number of aromatic nitrogens is 4. The molecule has 0 unspecified atom stereocenters. The lowest BCUT2D eigenvalue weighted by Crippen LogP contribution is -2.44. The second-order valence-corrected chi connectivity index (χ2v) is 8.87. The molecule has 1 aliphatic heterocycles. The van der Waals surface area contributed by atoms with E-state index in [9.17, 15) is 0 Å². The third-order valence-corrected chi connectivity index (χ3v) is 6.48. The zero-order valence-corrected chi connectivity index (χ0v) is 18.8. The highest BCUT2D eigenvalue weighted by atomic mass is 15.2. The van der Waals surface area contributed by atoms with Crippen LogP contribution in [0, 0.1) is 6.92 Å². The van der Waals surface area contributed by atoms with E-state index in [4.69, 9.17) is 9.97 Å². The summed E-state index contributed by atoms with van der Waals surface area (Å²) in [6.07, 6.45) is 8.16. The number of fused-ring (bicyclic) bond motifs is 1. The minimum Gasteiger partial charge on any atom is -0.353 e. The van der Waals surface area contributed by atoms with Crippen LogP contribution >= 0.6 is 0 Å². The summed E-state index contributed by atoms with van der Waals surface area (Å²) in [6.45, 7) is 5.89. The minimum absolute atomic E-state index is 0.586. The standard InChI is InChI=1S/C26H27N7/c1-17-4-2-3-5-21(17)30-23-14-19(8-9-29-23)25-31-22-16-28-15-20(18-6-7-18)24(22)26(32-25)33-12-10-27-11-13-33/h2-5,8-9,14-16,18,27H,6-7,10-13H2,1H3,(H,29,30). The predicted molar refractivity (Wildman–Crippen MR) is 132 cm³/mol. The number of nitrogens with one attached hydrogen (secondary N) is 2. The molecule has 1 aliphatic carbocycles. The summed E-state index contributed by atoms with van der Waals surface area (Å²) in [6, 6.07) is 12.2. The molecular weight excluding hydrogens is 410 g/mol. The van der Waals surface area contributed by atoms with Gasteiger partial charge in [-0.1, -0.05) is 18.2 Å². The van der Waals surface area contributed by atoms with Gasteiger partial charge >= 0.3 is 0 Å². The fourth-order valence-corrected chi connectivity index (χ4v) is 4.52. The topological polar surface area (TPSA) is 78.9 Å². The maximum Gasteiger partial charge on any atom is 0.162 e. The minimum atomic E-state index is 0.586. The molecule has 6 rings (SSSR count). The first-order valence-electron chi connectivity index (χ1n) is 11.7. The van der Waals surface area contributed by atoms with Gasteiger partial charge in [0.05, 0.1) is 11.7 Å². The Morgan fingerprint density at radius 1 is 1.03 bits per heavy atom. The van der Waals surface area contributed by atoms with Gasteiger partial charge in [-0.3, -0.25) is 4.98 Å². The first kappa shape index (κ1) is 20.1. The molecule has 0 radical (unpaired) electrons. The molecule has 166 valence electrons. The molecule has 7 nitrogen and oxygen atoms in total. The molecule has 0 atom stereocenters. The lowest BCUT2D eigenvalue weighted by atomic mass is 10.1. The number of aryl methyl sites for hydroxylation is 1. The Labute approximate surface area is 193 Å². The van der Waals surface area contributed by atoms with Gasteiger partial charge in [-0.15, -0.1) is 0 Å². The Morgan fingerprint density at radius 3 is 2.70 bits per heavy atom. The number of nitrogens with zero attached hydrogens (tertiary/aromatic N) is 5. The number of rotatable bonds is 5. The van der Waals surface area contributed by atoms with E-state index < -0.39 is 0 Å². The highest BCUT2D eigenvalue weighted by molar-refractivity contribution is 5.94. The van der Waals surface area contributed by atoms with Gasteiger partial charge in [-0.2, -0.15) is 0 Å². The van der Waals surface area contributed by atoms with Crippen molar-refractivity contribution in [2.75, 3.05) is 36.4 Å². The van der Waals surface area contributed by atoms with E-state index in [1.807, 2.05) is 42.9 Å². The number of hydrogen-bond donors (Lipinski definition) is 2. The lowest BCUT2D eigenvalue weighted by Gasteiger charge is -2.30. The molecule has 1 saturated carbocycles. The van der Waals surface area contributed by atoms with Gasteiger partial charge in [0, 0.05) is 55.2 Å². The van der Waals surface area contributed by atoms with E-state index in [1.54, 1.807) is 0 Å². The maximum absolute atomic E-state index is 5.14. The molecule has 33 heavy (non-hydrogen) atoms. The first-order valence-corrected chi connectivity index (χ1v) is 11.7. The van der Waals surface area contributed by atoms with Crippen LogP contribution in [-0.4, -0.2) is 46.1 Å². The molecule has 4 aromatic rings. The van der Waals surface area contributed by atoms with Crippen molar-refractivity contribution in [2.24, 2.45) is 0 Å². The summed E-state index contributed by atoms with van der Waals surface area (Å²) in [5.74, 6) is 3.11. The summed E-state index contributed by atoms with van der Waals surface area (Å²) in [7, 11) is 0. The van der Waals surface area contributed by atoms with Gasteiger partial charge in [-0.25, -0.2) is 15.0 Å². The molecule has 2 fully saturated rings. The average Bonchev–Trinajstić information content (AvgIpc) is 3.71. The van der Waals surface area contributed by atoms with Crippen LogP contribution in [0.3, 0.4) is 0 Å². The van der Waals surface area contributed by atoms with Crippen LogP contribution in [0.2, 0.25) is 0 Å². The van der Waals surface area contributed by atoms with Crippen molar-refractivity contribution in [3.63, 3.8) is 0 Å². The molecule has 0 spiro atoms. The molecule has 2 N–H and O–H groups in total. The van der Waals surface area contributed by atoms with Crippen molar-refractivity contribution in [1.82, 2.24) is 25.3 Å². The predicted octanol–water partition coefficient (Wildman–Crippen LogP) is 4.43. The summed E-state index contributed by atoms with van der Waals surface area (Å²) in [5.41, 5.74) is 5.37. The molecule has 1 saturated heterocycles. The zero-order valence-electron chi connectivity index (χ0n) is 18.8. The van der Waals surface area contributed by atoms with Crippen LogP contribution in [0.4, 0.5) is 17.3 Å². The summed E-state index contributed by atoms with van der Waals surface area (Å²) in [4.78, 5) is 21.5. The van der Waals surface area contributed by atoms with Crippen molar-refractivity contribution in [2.45, 2.75) is 25.7 Å². The van der Waals surface area contributed by atoms with Crippen LogP contribution < -0.4 is 15.5 Å². The second-order valence-electron chi connectivity index (χ2n) is 8.87. The second kappa shape index (κ2) is 8.41. The zero-order chi connectivity index (χ0) is 22.2. The van der Waals surface area contributed by atoms with Gasteiger partial charge < -0.3 is 15.5 Å². The summed E-state index contributed by atoms with van der Waals surface area (Å²) >= 11 is 0. The number of para-hydroxylation sites is 1. The molecule has 3 aromatic heterocycles. The van der Waals surface area contributed by atoms with E-state index >= 15 is 0 Å². The van der Waals surface area contributed by atoms with Crippen LogP contribution in [0.25, 0.3) is 22.3 Å². The highest BCUT2D eigenvalue weighted by Crippen LogP contribution is 2.44. The Kier molecular flexibility index (Phi) is 5.11. The molecule has 0 bridgehead atoms. The van der Waals surface area contributed by atoms with E-state index in [0.717, 1.165) is 54.6 Å². The monoisotopic (exact) mass is 437 g/mol. The Bertz CT molecular complexity index is 1310. The quantitative estimate of drug-likeness (QED) is 0.478. The van der Waals surface area contributed by atoms with Crippen LogP contribution in [-0.2, 0) is 0 Å². The van der Waals surface area contributed by atoms with Crippen LogP contribution in [0.1, 0.15) is 29.9 Å². The molecule has 7 heteroatoms. The van der Waals surface area contributed by atoms with Gasteiger partial charge in [0.25, 0.3) is 0 Å². The Hall–Kier alpha value is -3.58. The molecule has 4 heterocycles. The fraction of sp³-hybridized carbons (Fsp3) is 0.308. The van der Waals surface area contributed by atoms with E-state index in [0.29, 0.717) is 11.7 Å². The van der Waals surface area contributed by atoms with Crippen molar-refractivity contribution in [3.05, 3.63) is 66.1 Å². The molecule has 2 aliphatic rings. The van der Waals surface area contributed by atoms with Crippen molar-refractivity contribution < 1.29 is 0 Å². The molecule has 1 aromatic carbocycles. The first-order chi connectivity index (χ1) is 16.3.